The second kappa shape index (κ2) is 9.04. The molecule has 0 aromatic carbocycles. The average molecular weight is 333 g/mol. The molecule has 0 unspecified atom stereocenters. The van der Waals surface area contributed by atoms with Gasteiger partial charge < -0.3 is 15.2 Å². The Kier molecular flexibility index (Phi) is 6.49. The minimum absolute atomic E-state index is 0.0313. The molecule has 134 valence electrons. The van der Waals surface area contributed by atoms with Crippen molar-refractivity contribution in [1.82, 2.24) is 25.4 Å². The molecule has 1 aliphatic heterocycles. The number of fused-ring (bicyclic) bond motifs is 1. The topological polar surface area (TPSA) is 71.8 Å². The molecule has 0 radical (unpaired) electrons. The molecule has 2 N–H and O–H groups in total. The van der Waals surface area contributed by atoms with Crippen LogP contribution < -0.4 is 10.6 Å². The normalized spacial score (nSPS) is 19.7. The molecule has 0 saturated heterocycles. The van der Waals surface area contributed by atoms with Crippen LogP contribution in [0, 0.1) is 0 Å². The zero-order chi connectivity index (χ0) is 16.6. The first-order valence-electron chi connectivity index (χ1n) is 9.78. The Labute approximate surface area is 144 Å². The molecule has 1 aromatic rings. The molecule has 6 heteroatoms. The first-order chi connectivity index (χ1) is 11.8. The van der Waals surface area contributed by atoms with Crippen LogP contribution in [0.25, 0.3) is 0 Å². The Morgan fingerprint density at radius 3 is 2.58 bits per heavy atom. The van der Waals surface area contributed by atoms with Gasteiger partial charge in [-0.3, -0.25) is 0 Å². The van der Waals surface area contributed by atoms with Crippen LogP contribution in [0.1, 0.15) is 75.9 Å². The molecule has 0 atom stereocenters. The third kappa shape index (κ3) is 4.95. The summed E-state index contributed by atoms with van der Waals surface area (Å²) in [7, 11) is 0. The number of aryl methyl sites for hydroxylation is 1. The van der Waals surface area contributed by atoms with Crippen LogP contribution in [-0.2, 0) is 19.4 Å². The molecule has 2 amide bonds. The Bertz CT molecular complexity index is 519. The summed E-state index contributed by atoms with van der Waals surface area (Å²) in [5, 5.41) is 14.8. The monoisotopic (exact) mass is 333 g/mol. The number of carbonyl (C=O) groups is 1. The fraction of sp³-hybridized carbons (Fsp3) is 0.833. The van der Waals surface area contributed by atoms with Crippen molar-refractivity contribution in [1.29, 1.82) is 0 Å². The molecule has 6 nitrogen and oxygen atoms in total. The molecule has 2 aliphatic rings. The van der Waals surface area contributed by atoms with Crippen LogP contribution in [-0.4, -0.2) is 33.4 Å². The number of hydrogen-bond donors (Lipinski definition) is 2. The Balaban J connectivity index is 1.41. The average Bonchev–Trinajstić information content (AvgIpc) is 2.78. The molecule has 3 rings (SSSR count). The number of nitrogens with one attached hydrogen (secondary N) is 2. The predicted octanol–water partition coefficient (Wildman–Crippen LogP) is 2.96. The molecule has 1 fully saturated rings. The van der Waals surface area contributed by atoms with E-state index in [0.29, 0.717) is 12.6 Å². The third-order valence-electron chi connectivity index (χ3n) is 5.26. The number of carbonyl (C=O) groups excluding carboxylic acids is 1. The van der Waals surface area contributed by atoms with Gasteiger partial charge in [0.2, 0.25) is 0 Å². The maximum atomic E-state index is 12.1. The minimum atomic E-state index is -0.0313. The lowest BCUT2D eigenvalue weighted by Gasteiger charge is -2.21. The van der Waals surface area contributed by atoms with Crippen molar-refractivity contribution in [3.63, 3.8) is 0 Å². The fourth-order valence-corrected chi connectivity index (χ4v) is 3.85. The quantitative estimate of drug-likeness (QED) is 0.890. The summed E-state index contributed by atoms with van der Waals surface area (Å²) in [6.45, 7) is 1.64. The number of rotatable bonds is 4. The summed E-state index contributed by atoms with van der Waals surface area (Å²) in [6, 6.07) is 0.311. The van der Waals surface area contributed by atoms with E-state index in [1.165, 1.54) is 51.4 Å². The highest BCUT2D eigenvalue weighted by Gasteiger charge is 2.16. The molecule has 1 aliphatic carbocycles. The summed E-state index contributed by atoms with van der Waals surface area (Å²) in [5.41, 5.74) is 0. The Morgan fingerprint density at radius 2 is 1.75 bits per heavy atom. The van der Waals surface area contributed by atoms with E-state index in [2.05, 4.69) is 25.4 Å². The number of amides is 2. The summed E-state index contributed by atoms with van der Waals surface area (Å²) in [6.07, 6.45) is 14.1. The lowest BCUT2D eigenvalue weighted by atomic mass is 9.97. The van der Waals surface area contributed by atoms with Crippen molar-refractivity contribution >= 4 is 6.03 Å². The van der Waals surface area contributed by atoms with Gasteiger partial charge in [-0.2, -0.15) is 0 Å². The van der Waals surface area contributed by atoms with Crippen molar-refractivity contribution in [2.24, 2.45) is 0 Å². The zero-order valence-electron chi connectivity index (χ0n) is 14.7. The maximum absolute atomic E-state index is 12.1. The molecular weight excluding hydrogens is 302 g/mol. The minimum Gasteiger partial charge on any atom is -0.338 e. The molecule has 1 aromatic heterocycles. The van der Waals surface area contributed by atoms with Crippen molar-refractivity contribution in [2.45, 2.75) is 89.6 Å². The van der Waals surface area contributed by atoms with E-state index in [1.807, 2.05) is 0 Å². The number of nitrogens with zero attached hydrogens (tertiary/aromatic N) is 3. The SMILES string of the molecule is O=C(NCCc1nnc2n1CCCCC2)NC1CCCCCCC1. The molecule has 0 spiro atoms. The Hall–Kier alpha value is -1.59. The van der Waals surface area contributed by atoms with Crippen LogP contribution >= 0.6 is 0 Å². The van der Waals surface area contributed by atoms with E-state index in [-0.39, 0.29) is 6.03 Å². The first-order valence-corrected chi connectivity index (χ1v) is 9.78. The van der Waals surface area contributed by atoms with Gasteiger partial charge in [-0.1, -0.05) is 38.5 Å². The molecule has 24 heavy (non-hydrogen) atoms. The lowest BCUT2D eigenvalue weighted by molar-refractivity contribution is 0.234. The fourth-order valence-electron chi connectivity index (χ4n) is 3.85. The van der Waals surface area contributed by atoms with Gasteiger partial charge in [0, 0.05) is 32.0 Å². The van der Waals surface area contributed by atoms with Crippen LogP contribution in [0.4, 0.5) is 4.79 Å². The van der Waals surface area contributed by atoms with Gasteiger partial charge in [-0.05, 0) is 25.7 Å². The molecule has 2 heterocycles. The second-order valence-corrected chi connectivity index (χ2v) is 7.19. The summed E-state index contributed by atoms with van der Waals surface area (Å²) < 4.78 is 2.25. The zero-order valence-corrected chi connectivity index (χ0v) is 14.7. The van der Waals surface area contributed by atoms with Gasteiger partial charge in [0.05, 0.1) is 0 Å². The van der Waals surface area contributed by atoms with E-state index < -0.39 is 0 Å². The summed E-state index contributed by atoms with van der Waals surface area (Å²) >= 11 is 0. The number of aromatic nitrogens is 3. The maximum Gasteiger partial charge on any atom is 0.315 e. The highest BCUT2D eigenvalue weighted by Crippen LogP contribution is 2.17. The van der Waals surface area contributed by atoms with Gasteiger partial charge in [-0.15, -0.1) is 10.2 Å². The third-order valence-corrected chi connectivity index (χ3v) is 5.26. The highest BCUT2D eigenvalue weighted by molar-refractivity contribution is 5.74. The van der Waals surface area contributed by atoms with E-state index in [9.17, 15) is 4.79 Å². The van der Waals surface area contributed by atoms with E-state index in [0.717, 1.165) is 43.9 Å². The van der Waals surface area contributed by atoms with Crippen LogP contribution in [0.2, 0.25) is 0 Å². The largest absolute Gasteiger partial charge is 0.338 e. The van der Waals surface area contributed by atoms with E-state index >= 15 is 0 Å². The van der Waals surface area contributed by atoms with Gasteiger partial charge in [0.1, 0.15) is 11.6 Å². The second-order valence-electron chi connectivity index (χ2n) is 7.19. The summed E-state index contributed by atoms with van der Waals surface area (Å²) in [4.78, 5) is 12.1. The molecular formula is C18H31N5O. The van der Waals surface area contributed by atoms with Gasteiger partial charge >= 0.3 is 6.03 Å². The van der Waals surface area contributed by atoms with E-state index in [1.54, 1.807) is 0 Å². The number of hydrogen-bond acceptors (Lipinski definition) is 3. The van der Waals surface area contributed by atoms with Crippen molar-refractivity contribution in [2.75, 3.05) is 6.54 Å². The first kappa shape index (κ1) is 17.2. The standard InChI is InChI=1S/C18H31N5O/c24-18(20-15-9-5-2-1-3-6-10-15)19-13-12-17-22-21-16-11-7-4-8-14-23(16)17/h15H,1-14H2,(H2,19,20,24). The van der Waals surface area contributed by atoms with Gasteiger partial charge in [0.15, 0.2) is 0 Å². The van der Waals surface area contributed by atoms with E-state index in [4.69, 9.17) is 0 Å². The molecule has 1 saturated carbocycles. The van der Waals surface area contributed by atoms with Gasteiger partial charge in [0.25, 0.3) is 0 Å². The predicted molar refractivity (Wildman–Crippen MR) is 93.9 cm³/mol. The lowest BCUT2D eigenvalue weighted by Crippen LogP contribution is -2.43. The van der Waals surface area contributed by atoms with Gasteiger partial charge in [-0.25, -0.2) is 4.79 Å². The molecule has 0 bridgehead atoms. The van der Waals surface area contributed by atoms with Crippen LogP contribution in [0.3, 0.4) is 0 Å². The van der Waals surface area contributed by atoms with Crippen molar-refractivity contribution in [3.8, 4) is 0 Å². The van der Waals surface area contributed by atoms with Crippen molar-refractivity contribution in [3.05, 3.63) is 11.6 Å². The highest BCUT2D eigenvalue weighted by atomic mass is 16.2. The smallest absolute Gasteiger partial charge is 0.315 e. The number of urea groups is 1. The van der Waals surface area contributed by atoms with Crippen LogP contribution in [0.15, 0.2) is 0 Å². The van der Waals surface area contributed by atoms with Crippen molar-refractivity contribution < 1.29 is 4.79 Å². The summed E-state index contributed by atoms with van der Waals surface area (Å²) in [5.74, 6) is 2.12. The Morgan fingerprint density at radius 1 is 1.00 bits per heavy atom. The van der Waals surface area contributed by atoms with Crippen LogP contribution in [0.5, 0.6) is 0 Å².